The first-order valence-electron chi connectivity index (χ1n) is 16.2. The van der Waals surface area contributed by atoms with Crippen molar-refractivity contribution in [1.82, 2.24) is 9.62 Å². The van der Waals surface area contributed by atoms with Crippen LogP contribution < -0.4 is 16.4 Å². The Balaban J connectivity index is 1.37. The third-order valence-electron chi connectivity index (χ3n) is 9.26. The van der Waals surface area contributed by atoms with Gasteiger partial charge in [-0.05, 0) is 101 Å². The molecule has 2 aliphatic rings. The van der Waals surface area contributed by atoms with Gasteiger partial charge in [0.2, 0.25) is 15.9 Å². The summed E-state index contributed by atoms with van der Waals surface area (Å²) in [4.78, 5) is 14.2. The number of sulfonamides is 1. The van der Waals surface area contributed by atoms with Gasteiger partial charge in [0.1, 0.15) is 5.82 Å². The summed E-state index contributed by atoms with van der Waals surface area (Å²) < 4.78 is 50.3. The van der Waals surface area contributed by atoms with Crippen LogP contribution in [0, 0.1) is 11.7 Å². The highest BCUT2D eigenvalue weighted by molar-refractivity contribution is 7.89. The van der Waals surface area contributed by atoms with Gasteiger partial charge in [-0.3, -0.25) is 4.79 Å². The second-order valence-electron chi connectivity index (χ2n) is 14.0. The molecule has 2 fully saturated rings. The lowest BCUT2D eigenvalue weighted by molar-refractivity contribution is -0.176. The Labute approximate surface area is 283 Å². The number of piperazine rings is 1. The number of nitrogens with two attached hydrogens (primary N) is 1. The zero-order valence-electron chi connectivity index (χ0n) is 27.5. The Hall–Kier alpha value is -2.86. The van der Waals surface area contributed by atoms with Gasteiger partial charge in [-0.2, -0.15) is 4.31 Å². The molecule has 0 saturated carbocycles. The molecule has 0 unspecified atom stereocenters. The maximum atomic E-state index is 15.4. The van der Waals surface area contributed by atoms with Gasteiger partial charge < -0.3 is 21.1 Å². The van der Waals surface area contributed by atoms with E-state index < -0.39 is 45.0 Å². The van der Waals surface area contributed by atoms with Gasteiger partial charge in [-0.15, -0.1) is 0 Å². The quantitative estimate of drug-likeness (QED) is 0.238. The first kappa shape index (κ1) is 35.4. The molecule has 0 aromatic heterocycles. The zero-order valence-corrected chi connectivity index (χ0v) is 29.1. The van der Waals surface area contributed by atoms with Crippen LogP contribution >= 0.6 is 11.6 Å². The first-order chi connectivity index (χ1) is 22.2. The van der Waals surface area contributed by atoms with Crippen molar-refractivity contribution in [2.24, 2.45) is 11.7 Å². The molecule has 1 amide bonds. The minimum absolute atomic E-state index is 0.0269. The van der Waals surface area contributed by atoms with Crippen LogP contribution in [0.3, 0.4) is 0 Å². The van der Waals surface area contributed by atoms with E-state index in [4.69, 9.17) is 22.1 Å². The third kappa shape index (κ3) is 8.42. The van der Waals surface area contributed by atoms with Gasteiger partial charge in [-0.25, -0.2) is 12.8 Å². The van der Waals surface area contributed by atoms with Crippen LogP contribution in [-0.4, -0.2) is 61.6 Å². The number of amides is 1. The van der Waals surface area contributed by atoms with E-state index in [1.54, 1.807) is 54.6 Å². The number of anilines is 1. The second-order valence-corrected chi connectivity index (χ2v) is 16.3. The van der Waals surface area contributed by atoms with Crippen molar-refractivity contribution >= 4 is 33.2 Å². The maximum Gasteiger partial charge on any atom is 0.243 e. The van der Waals surface area contributed by atoms with Crippen molar-refractivity contribution in [3.05, 3.63) is 94.8 Å². The second kappa shape index (κ2) is 14.3. The highest BCUT2D eigenvalue weighted by Crippen LogP contribution is 2.46. The van der Waals surface area contributed by atoms with Gasteiger partial charge in [0, 0.05) is 47.9 Å². The Kier molecular flexibility index (Phi) is 10.8. The summed E-state index contributed by atoms with van der Waals surface area (Å²) >= 11 is 6.22. The summed E-state index contributed by atoms with van der Waals surface area (Å²) in [6.07, 6.45) is 1.98. The Bertz CT molecular complexity index is 1640. The number of hydrogen-bond donors (Lipinski definition) is 3. The molecule has 3 aromatic rings. The molecule has 2 aliphatic heterocycles. The number of nitrogens with zero attached hydrogens (tertiary/aromatic N) is 1. The Morgan fingerprint density at radius 3 is 2.36 bits per heavy atom. The van der Waals surface area contributed by atoms with Crippen LogP contribution in [0.2, 0.25) is 5.02 Å². The van der Waals surface area contributed by atoms with E-state index in [2.05, 4.69) is 38.3 Å². The van der Waals surface area contributed by atoms with E-state index in [9.17, 15) is 13.2 Å². The normalized spacial score (nSPS) is 21.6. The fraction of sp³-hybridized carbons (Fsp3) is 0.472. The third-order valence-corrected chi connectivity index (χ3v) is 11.5. The number of halogens is 2. The number of ether oxygens (including phenoxy) is 1. The summed E-state index contributed by atoms with van der Waals surface area (Å²) in [6, 6.07) is 19.0. The predicted octanol–water partition coefficient (Wildman–Crippen LogP) is 6.11. The van der Waals surface area contributed by atoms with Crippen LogP contribution in [0.5, 0.6) is 0 Å². The number of rotatable bonds is 10. The van der Waals surface area contributed by atoms with Crippen molar-refractivity contribution in [2.45, 2.75) is 87.5 Å². The molecule has 47 heavy (non-hydrogen) atoms. The van der Waals surface area contributed by atoms with Crippen LogP contribution in [-0.2, 0) is 26.0 Å². The van der Waals surface area contributed by atoms with E-state index in [-0.39, 0.29) is 23.2 Å². The molecule has 11 heteroatoms. The summed E-state index contributed by atoms with van der Waals surface area (Å²) in [5.41, 5.74) is 7.53. The lowest BCUT2D eigenvalue weighted by Crippen LogP contribution is -2.53. The molecular formula is C36H46ClFN4O4S. The molecule has 254 valence electrons. The van der Waals surface area contributed by atoms with E-state index in [1.165, 1.54) is 10.4 Å². The van der Waals surface area contributed by atoms with Gasteiger partial charge >= 0.3 is 0 Å². The Morgan fingerprint density at radius 1 is 1.04 bits per heavy atom. The smallest absolute Gasteiger partial charge is 0.243 e. The van der Waals surface area contributed by atoms with E-state index in [1.807, 2.05) is 12.1 Å². The number of nitrogens with one attached hydrogen (secondary N) is 2. The lowest BCUT2D eigenvalue weighted by Gasteiger charge is -2.48. The highest BCUT2D eigenvalue weighted by Gasteiger charge is 2.45. The SMILES string of the molecule is CC1(C)CC([C@H](c2ccc(Cl)cc2)[C@H](N)C(=O)Nc2cccc(F)c2CC[C@H]2CNCCN2S(=O)(=O)c2ccccc2)CC(C)(C)O1. The number of carbonyl (C=O) groups excluding carboxylic acids is 1. The number of hydrogen-bond acceptors (Lipinski definition) is 6. The van der Waals surface area contributed by atoms with Crippen molar-refractivity contribution in [3.63, 3.8) is 0 Å². The monoisotopic (exact) mass is 684 g/mol. The fourth-order valence-electron chi connectivity index (χ4n) is 7.53. The lowest BCUT2D eigenvalue weighted by atomic mass is 9.69. The van der Waals surface area contributed by atoms with Crippen molar-refractivity contribution in [2.75, 3.05) is 25.0 Å². The maximum absolute atomic E-state index is 15.4. The van der Waals surface area contributed by atoms with E-state index in [0.717, 1.165) is 5.56 Å². The average molecular weight is 685 g/mol. The standard InChI is InChI=1S/C36H46ClFN4O4S/c1-35(2)21-25(22-36(3,4)46-35)32(24-13-15-26(37)16-14-24)33(39)34(43)41-31-12-8-11-30(38)29(31)18-17-27-23-40-19-20-42(27)47(44,45)28-9-6-5-7-10-28/h5-16,25,27,32-33,40H,17-23,39H2,1-4H3,(H,41,43)/t27-,32-,33-/m0/s1. The molecule has 8 nitrogen and oxygen atoms in total. The van der Waals surface area contributed by atoms with Gasteiger partial charge in [0.25, 0.3) is 0 Å². The molecule has 0 radical (unpaired) electrons. The van der Waals surface area contributed by atoms with Gasteiger partial charge in [0.05, 0.1) is 22.1 Å². The van der Waals surface area contributed by atoms with Crippen molar-refractivity contribution in [3.8, 4) is 0 Å². The zero-order chi connectivity index (χ0) is 34.0. The summed E-state index contributed by atoms with van der Waals surface area (Å²) in [6.45, 7) is 9.49. The predicted molar refractivity (Wildman–Crippen MR) is 184 cm³/mol. The molecule has 4 N–H and O–H groups in total. The largest absolute Gasteiger partial charge is 0.370 e. The van der Waals surface area contributed by atoms with Crippen molar-refractivity contribution < 1.29 is 22.3 Å². The topological polar surface area (TPSA) is 114 Å². The van der Waals surface area contributed by atoms with Crippen LogP contribution in [0.1, 0.15) is 64.0 Å². The minimum atomic E-state index is -3.74. The van der Waals surface area contributed by atoms with Crippen LogP contribution in [0.4, 0.5) is 10.1 Å². The minimum Gasteiger partial charge on any atom is -0.370 e. The molecule has 0 spiro atoms. The summed E-state index contributed by atoms with van der Waals surface area (Å²) in [5, 5.41) is 6.80. The number of benzene rings is 3. The van der Waals surface area contributed by atoms with E-state index >= 15 is 4.39 Å². The van der Waals surface area contributed by atoms with Crippen molar-refractivity contribution in [1.29, 1.82) is 0 Å². The fourth-order valence-corrected chi connectivity index (χ4v) is 9.33. The average Bonchev–Trinajstić information content (AvgIpc) is 3.01. The molecule has 3 aromatic carbocycles. The number of carbonyl (C=O) groups is 1. The molecule has 2 heterocycles. The molecule has 3 atom stereocenters. The van der Waals surface area contributed by atoms with Gasteiger partial charge in [0.15, 0.2) is 0 Å². The van der Waals surface area contributed by atoms with Gasteiger partial charge in [-0.1, -0.05) is 48.0 Å². The first-order valence-corrected chi connectivity index (χ1v) is 18.1. The summed E-state index contributed by atoms with van der Waals surface area (Å²) in [7, 11) is -3.74. The molecule has 2 saturated heterocycles. The summed E-state index contributed by atoms with van der Waals surface area (Å²) in [5.74, 6) is -1.22. The van der Waals surface area contributed by atoms with Crippen LogP contribution in [0.15, 0.2) is 77.7 Å². The molecule has 0 bridgehead atoms. The Morgan fingerprint density at radius 2 is 1.70 bits per heavy atom. The highest BCUT2D eigenvalue weighted by atomic mass is 35.5. The molecular weight excluding hydrogens is 639 g/mol. The van der Waals surface area contributed by atoms with Crippen LogP contribution in [0.25, 0.3) is 0 Å². The van der Waals surface area contributed by atoms with E-state index in [0.29, 0.717) is 55.2 Å². The molecule has 0 aliphatic carbocycles. The molecule has 5 rings (SSSR count).